The number of rotatable bonds is 4. The van der Waals surface area contributed by atoms with Crippen molar-refractivity contribution in [2.75, 3.05) is 0 Å². The molecule has 1 aliphatic rings. The molecule has 0 aromatic carbocycles. The zero-order valence-corrected chi connectivity index (χ0v) is 9.90. The summed E-state index contributed by atoms with van der Waals surface area (Å²) >= 11 is 0. The van der Waals surface area contributed by atoms with Crippen molar-refractivity contribution in [1.82, 2.24) is 5.32 Å². The molecule has 4 atom stereocenters. The highest BCUT2D eigenvalue weighted by Crippen LogP contribution is 2.31. The van der Waals surface area contributed by atoms with Gasteiger partial charge in [0.25, 0.3) is 0 Å². The molecule has 1 rings (SSSR count). The quantitative estimate of drug-likeness (QED) is 0.287. The second kappa shape index (κ2) is 5.35. The van der Waals surface area contributed by atoms with Gasteiger partial charge in [0.1, 0.15) is 0 Å². The topological polar surface area (TPSA) is 70.6 Å². The molecule has 0 saturated heterocycles. The van der Waals surface area contributed by atoms with Gasteiger partial charge < -0.3 is 16.3 Å². The standard InChI is InChI=1S/C11H23N3O/c1-4-9(11(12)14-15)13-10-6-5-7(2)8(10)3/h7-10,13,15H,4-6H2,1-3H3,(H2,12,14). The van der Waals surface area contributed by atoms with E-state index in [0.717, 1.165) is 12.3 Å². The van der Waals surface area contributed by atoms with E-state index in [0.29, 0.717) is 17.8 Å². The molecule has 4 nitrogen and oxygen atoms in total. The van der Waals surface area contributed by atoms with Crippen LogP contribution < -0.4 is 11.1 Å². The summed E-state index contributed by atoms with van der Waals surface area (Å²) in [5.74, 6) is 1.74. The lowest BCUT2D eigenvalue weighted by atomic mass is 9.97. The largest absolute Gasteiger partial charge is 0.409 e. The van der Waals surface area contributed by atoms with E-state index < -0.39 is 0 Å². The van der Waals surface area contributed by atoms with Crippen LogP contribution in [0.15, 0.2) is 5.16 Å². The minimum atomic E-state index is 0.00718. The molecule has 4 heteroatoms. The molecule has 0 radical (unpaired) electrons. The Balaban J connectivity index is 2.53. The van der Waals surface area contributed by atoms with Crippen LogP contribution in [0.1, 0.15) is 40.0 Å². The maximum Gasteiger partial charge on any atom is 0.156 e. The summed E-state index contributed by atoms with van der Waals surface area (Å²) in [5, 5.41) is 15.2. The van der Waals surface area contributed by atoms with Crippen molar-refractivity contribution in [3.63, 3.8) is 0 Å². The molecule has 4 N–H and O–H groups in total. The first-order valence-electron chi connectivity index (χ1n) is 5.83. The normalized spacial score (nSPS) is 34.3. The molecule has 0 aliphatic heterocycles. The maximum atomic E-state index is 8.65. The highest BCUT2D eigenvalue weighted by molar-refractivity contribution is 5.85. The van der Waals surface area contributed by atoms with E-state index in [-0.39, 0.29) is 6.04 Å². The number of nitrogens with one attached hydrogen (secondary N) is 1. The third-order valence-corrected chi connectivity index (χ3v) is 3.76. The first-order chi connectivity index (χ1) is 7.10. The summed E-state index contributed by atoms with van der Waals surface area (Å²) in [6, 6.07) is 0.512. The third kappa shape index (κ3) is 2.84. The fourth-order valence-corrected chi connectivity index (χ4v) is 2.34. The summed E-state index contributed by atoms with van der Waals surface area (Å²) < 4.78 is 0. The van der Waals surface area contributed by atoms with E-state index in [4.69, 9.17) is 10.9 Å². The van der Waals surface area contributed by atoms with Gasteiger partial charge in [-0.2, -0.15) is 0 Å². The van der Waals surface area contributed by atoms with Crippen LogP contribution >= 0.6 is 0 Å². The van der Waals surface area contributed by atoms with E-state index in [2.05, 4.69) is 24.3 Å². The van der Waals surface area contributed by atoms with Gasteiger partial charge in [0.05, 0.1) is 6.04 Å². The molecule has 4 unspecified atom stereocenters. The predicted molar refractivity (Wildman–Crippen MR) is 62.0 cm³/mol. The van der Waals surface area contributed by atoms with Gasteiger partial charge in [-0.3, -0.25) is 0 Å². The van der Waals surface area contributed by atoms with Gasteiger partial charge in [-0.05, 0) is 31.1 Å². The Hall–Kier alpha value is -0.770. The third-order valence-electron chi connectivity index (χ3n) is 3.76. The number of hydrogen-bond donors (Lipinski definition) is 3. The van der Waals surface area contributed by atoms with Crippen molar-refractivity contribution in [2.24, 2.45) is 22.7 Å². The van der Waals surface area contributed by atoms with Gasteiger partial charge in [-0.15, -0.1) is 0 Å². The Morgan fingerprint density at radius 1 is 1.53 bits per heavy atom. The van der Waals surface area contributed by atoms with Crippen LogP contribution in [0.3, 0.4) is 0 Å². The van der Waals surface area contributed by atoms with Gasteiger partial charge in [0, 0.05) is 6.04 Å². The molecule has 0 spiro atoms. The van der Waals surface area contributed by atoms with Gasteiger partial charge in [-0.1, -0.05) is 25.9 Å². The monoisotopic (exact) mass is 213 g/mol. The van der Waals surface area contributed by atoms with Crippen molar-refractivity contribution >= 4 is 5.84 Å². The Bertz CT molecular complexity index is 230. The molecule has 88 valence electrons. The summed E-state index contributed by atoms with van der Waals surface area (Å²) in [6.07, 6.45) is 3.32. The minimum Gasteiger partial charge on any atom is -0.409 e. The second-order valence-electron chi connectivity index (χ2n) is 4.67. The molecule has 0 heterocycles. The molecule has 15 heavy (non-hydrogen) atoms. The molecular weight excluding hydrogens is 190 g/mol. The van der Waals surface area contributed by atoms with Crippen molar-refractivity contribution < 1.29 is 5.21 Å². The second-order valence-corrected chi connectivity index (χ2v) is 4.67. The molecular formula is C11H23N3O. The fraction of sp³-hybridized carbons (Fsp3) is 0.909. The number of hydrogen-bond acceptors (Lipinski definition) is 3. The number of oxime groups is 1. The van der Waals surface area contributed by atoms with Crippen molar-refractivity contribution in [3.8, 4) is 0 Å². The van der Waals surface area contributed by atoms with E-state index in [9.17, 15) is 0 Å². The summed E-state index contributed by atoms with van der Waals surface area (Å²) in [5.41, 5.74) is 5.62. The zero-order chi connectivity index (χ0) is 11.4. The summed E-state index contributed by atoms with van der Waals surface area (Å²) in [6.45, 7) is 6.60. The van der Waals surface area contributed by atoms with Crippen molar-refractivity contribution in [3.05, 3.63) is 0 Å². The lowest BCUT2D eigenvalue weighted by Gasteiger charge is -2.25. The van der Waals surface area contributed by atoms with Gasteiger partial charge in [0.2, 0.25) is 0 Å². The molecule has 0 amide bonds. The van der Waals surface area contributed by atoms with Crippen molar-refractivity contribution in [2.45, 2.75) is 52.1 Å². The Morgan fingerprint density at radius 2 is 2.20 bits per heavy atom. The average Bonchev–Trinajstić information content (AvgIpc) is 2.56. The maximum absolute atomic E-state index is 8.65. The first-order valence-corrected chi connectivity index (χ1v) is 5.83. The number of amidine groups is 1. The van der Waals surface area contributed by atoms with Gasteiger partial charge >= 0.3 is 0 Å². The lowest BCUT2D eigenvalue weighted by molar-refractivity contribution is 0.309. The van der Waals surface area contributed by atoms with Crippen LogP contribution in [0, 0.1) is 11.8 Å². The highest BCUT2D eigenvalue weighted by atomic mass is 16.4. The highest BCUT2D eigenvalue weighted by Gasteiger charge is 2.31. The Labute approximate surface area is 91.9 Å². The van der Waals surface area contributed by atoms with Crippen LogP contribution in [0.4, 0.5) is 0 Å². The predicted octanol–water partition coefficient (Wildman–Crippen LogP) is 1.54. The number of nitrogens with two attached hydrogens (primary N) is 1. The molecule has 0 aromatic heterocycles. The fourth-order valence-electron chi connectivity index (χ4n) is 2.34. The Morgan fingerprint density at radius 3 is 2.60 bits per heavy atom. The average molecular weight is 213 g/mol. The summed E-state index contributed by atoms with van der Waals surface area (Å²) in [7, 11) is 0. The zero-order valence-electron chi connectivity index (χ0n) is 9.90. The SMILES string of the molecule is CCC(NC1CCC(C)C1C)C(N)=NO. The molecule has 1 aliphatic carbocycles. The lowest BCUT2D eigenvalue weighted by Crippen LogP contribution is -2.47. The first kappa shape index (κ1) is 12.3. The van der Waals surface area contributed by atoms with Crippen LogP contribution in [-0.4, -0.2) is 23.1 Å². The van der Waals surface area contributed by atoms with Gasteiger partial charge in [-0.25, -0.2) is 0 Å². The van der Waals surface area contributed by atoms with Crippen molar-refractivity contribution in [1.29, 1.82) is 0 Å². The number of nitrogens with zero attached hydrogens (tertiary/aromatic N) is 1. The van der Waals surface area contributed by atoms with Crippen LogP contribution in [-0.2, 0) is 0 Å². The molecule has 0 bridgehead atoms. The van der Waals surface area contributed by atoms with Gasteiger partial charge in [0.15, 0.2) is 5.84 Å². The van der Waals surface area contributed by atoms with E-state index in [1.54, 1.807) is 0 Å². The molecule has 0 aromatic rings. The smallest absolute Gasteiger partial charge is 0.156 e. The minimum absolute atomic E-state index is 0.00718. The van der Waals surface area contributed by atoms with Crippen LogP contribution in [0.2, 0.25) is 0 Å². The van der Waals surface area contributed by atoms with E-state index >= 15 is 0 Å². The summed E-state index contributed by atoms with van der Waals surface area (Å²) in [4.78, 5) is 0. The van der Waals surface area contributed by atoms with E-state index in [1.807, 2.05) is 6.92 Å². The molecule has 1 fully saturated rings. The molecule has 1 saturated carbocycles. The van der Waals surface area contributed by atoms with E-state index in [1.165, 1.54) is 12.8 Å². The Kier molecular flexibility index (Phi) is 4.39. The van der Waals surface area contributed by atoms with Crippen LogP contribution in [0.25, 0.3) is 0 Å². The van der Waals surface area contributed by atoms with Crippen LogP contribution in [0.5, 0.6) is 0 Å².